The smallest absolute Gasteiger partial charge is 0.229 e. The molecule has 1 amide bonds. The van der Waals surface area contributed by atoms with Gasteiger partial charge in [0, 0.05) is 19.1 Å². The number of benzene rings is 1. The average molecular weight is 338 g/mol. The Balaban J connectivity index is 1.64. The average Bonchev–Trinajstić information content (AvgIpc) is 2.52. The molecular weight excluding hydrogens is 316 g/mol. The predicted octanol–water partition coefficient (Wildman–Crippen LogP) is 0.778. The molecule has 0 aromatic heterocycles. The number of hydrogen-bond acceptors (Lipinski definition) is 4. The molecule has 0 saturated carbocycles. The fourth-order valence-electron chi connectivity index (χ4n) is 3.32. The van der Waals surface area contributed by atoms with E-state index in [1.54, 1.807) is 4.90 Å². The maximum atomic E-state index is 12.7. The molecule has 6 nitrogen and oxygen atoms in total. The summed E-state index contributed by atoms with van der Waals surface area (Å²) >= 11 is 0. The Bertz CT molecular complexity index is 689. The number of rotatable bonds is 3. The van der Waals surface area contributed by atoms with Crippen molar-refractivity contribution in [2.75, 3.05) is 26.0 Å². The summed E-state index contributed by atoms with van der Waals surface area (Å²) < 4.78 is 31.1. The summed E-state index contributed by atoms with van der Waals surface area (Å²) in [4.78, 5) is 14.5. The van der Waals surface area contributed by atoms with Crippen LogP contribution in [0.3, 0.4) is 0 Å². The maximum absolute atomic E-state index is 12.7. The summed E-state index contributed by atoms with van der Waals surface area (Å²) in [7, 11) is -3.25. The van der Waals surface area contributed by atoms with E-state index in [0.29, 0.717) is 26.1 Å². The number of nitrogens with zero attached hydrogens (tertiary/aromatic N) is 1. The van der Waals surface area contributed by atoms with Crippen molar-refractivity contribution in [3.63, 3.8) is 0 Å². The number of para-hydroxylation sites is 1. The molecule has 2 aliphatic rings. The number of amides is 1. The Morgan fingerprint density at radius 3 is 2.91 bits per heavy atom. The fraction of sp³-hybridized carbons (Fsp3) is 0.562. The third-order valence-electron chi connectivity index (χ3n) is 4.34. The van der Waals surface area contributed by atoms with Crippen LogP contribution in [0.2, 0.25) is 0 Å². The molecule has 0 unspecified atom stereocenters. The van der Waals surface area contributed by atoms with Crippen molar-refractivity contribution in [2.45, 2.75) is 25.3 Å². The van der Waals surface area contributed by atoms with Crippen LogP contribution in [0, 0.1) is 5.92 Å². The Morgan fingerprint density at radius 1 is 1.35 bits per heavy atom. The highest BCUT2D eigenvalue weighted by Gasteiger charge is 2.32. The van der Waals surface area contributed by atoms with E-state index in [-0.39, 0.29) is 17.9 Å². The first-order valence-electron chi connectivity index (χ1n) is 7.89. The van der Waals surface area contributed by atoms with E-state index in [4.69, 9.17) is 4.74 Å². The van der Waals surface area contributed by atoms with Gasteiger partial charge >= 0.3 is 0 Å². The molecule has 1 aromatic carbocycles. The molecule has 1 N–H and O–H groups in total. The van der Waals surface area contributed by atoms with Crippen LogP contribution in [0.4, 0.5) is 0 Å². The molecule has 2 atom stereocenters. The van der Waals surface area contributed by atoms with Gasteiger partial charge in [-0.25, -0.2) is 13.1 Å². The number of carbonyl (C=O) groups excluding carboxylic acids is 1. The van der Waals surface area contributed by atoms with Gasteiger partial charge in [0.2, 0.25) is 15.9 Å². The van der Waals surface area contributed by atoms with Gasteiger partial charge in [-0.1, -0.05) is 18.2 Å². The van der Waals surface area contributed by atoms with Crippen molar-refractivity contribution in [2.24, 2.45) is 5.92 Å². The topological polar surface area (TPSA) is 75.7 Å². The zero-order chi connectivity index (χ0) is 16.4. The zero-order valence-corrected chi connectivity index (χ0v) is 14.0. The normalized spacial score (nSPS) is 24.7. The van der Waals surface area contributed by atoms with E-state index in [1.165, 1.54) is 0 Å². The van der Waals surface area contributed by atoms with E-state index in [1.807, 2.05) is 24.3 Å². The molecule has 0 spiro atoms. The van der Waals surface area contributed by atoms with E-state index >= 15 is 0 Å². The van der Waals surface area contributed by atoms with E-state index in [0.717, 1.165) is 30.4 Å². The Hall–Kier alpha value is -1.60. The standard InChI is InChI=1S/C16H22N2O4S/c1-23(20,21)17-14-6-4-8-18(10-14)16(19)13-9-12-5-2-3-7-15(12)22-11-13/h2-3,5,7,13-14,17H,4,6,8-11H2,1H3/t13-,14+/m0/s1. The Kier molecular flexibility index (Phi) is 4.59. The number of fused-ring (bicyclic) bond motifs is 1. The van der Waals surface area contributed by atoms with Crippen molar-refractivity contribution in [1.82, 2.24) is 9.62 Å². The van der Waals surface area contributed by atoms with Crippen molar-refractivity contribution >= 4 is 15.9 Å². The molecule has 0 aliphatic carbocycles. The molecule has 0 bridgehead atoms. The number of likely N-dealkylation sites (tertiary alicyclic amines) is 1. The fourth-order valence-corrected chi connectivity index (χ4v) is 4.12. The second kappa shape index (κ2) is 6.49. The van der Waals surface area contributed by atoms with Crippen molar-refractivity contribution in [3.05, 3.63) is 29.8 Å². The van der Waals surface area contributed by atoms with Crippen LogP contribution in [0.5, 0.6) is 5.75 Å². The van der Waals surface area contributed by atoms with E-state index in [2.05, 4.69) is 4.72 Å². The quantitative estimate of drug-likeness (QED) is 0.884. The molecule has 126 valence electrons. The third kappa shape index (κ3) is 4.03. The maximum Gasteiger partial charge on any atom is 0.229 e. The number of ether oxygens (including phenoxy) is 1. The van der Waals surface area contributed by atoms with Gasteiger partial charge in [0.25, 0.3) is 0 Å². The second-order valence-corrected chi connectivity index (χ2v) is 8.11. The number of piperidine rings is 1. The summed E-state index contributed by atoms with van der Waals surface area (Å²) in [5, 5.41) is 0. The van der Waals surface area contributed by atoms with Crippen LogP contribution in [-0.4, -0.2) is 51.2 Å². The molecule has 1 fully saturated rings. The van der Waals surface area contributed by atoms with Crippen LogP contribution < -0.4 is 9.46 Å². The summed E-state index contributed by atoms with van der Waals surface area (Å²) in [6.45, 7) is 1.50. The molecular formula is C16H22N2O4S. The largest absolute Gasteiger partial charge is 0.492 e. The minimum atomic E-state index is -3.25. The van der Waals surface area contributed by atoms with Crippen molar-refractivity contribution in [3.8, 4) is 5.75 Å². The van der Waals surface area contributed by atoms with Gasteiger partial charge in [-0.05, 0) is 30.9 Å². The lowest BCUT2D eigenvalue weighted by Gasteiger charge is -2.36. The molecule has 3 rings (SSSR count). The van der Waals surface area contributed by atoms with E-state index < -0.39 is 10.0 Å². The van der Waals surface area contributed by atoms with Gasteiger partial charge in [-0.3, -0.25) is 4.79 Å². The minimum absolute atomic E-state index is 0.0551. The zero-order valence-electron chi connectivity index (χ0n) is 13.2. The lowest BCUT2D eigenvalue weighted by Crippen LogP contribution is -2.51. The van der Waals surface area contributed by atoms with Gasteiger partial charge in [0.15, 0.2) is 0 Å². The first-order chi connectivity index (χ1) is 10.9. The molecule has 1 aromatic rings. The molecule has 1 saturated heterocycles. The Morgan fingerprint density at radius 2 is 2.13 bits per heavy atom. The molecule has 23 heavy (non-hydrogen) atoms. The van der Waals surface area contributed by atoms with Crippen LogP contribution >= 0.6 is 0 Å². The van der Waals surface area contributed by atoms with Gasteiger partial charge in [-0.2, -0.15) is 0 Å². The molecule has 7 heteroatoms. The highest BCUT2D eigenvalue weighted by Crippen LogP contribution is 2.28. The van der Waals surface area contributed by atoms with Crippen LogP contribution in [0.1, 0.15) is 18.4 Å². The van der Waals surface area contributed by atoms with Gasteiger partial charge in [-0.15, -0.1) is 0 Å². The number of nitrogens with one attached hydrogen (secondary N) is 1. The number of carbonyl (C=O) groups is 1. The Labute approximate surface area is 136 Å². The first-order valence-corrected chi connectivity index (χ1v) is 9.78. The molecule has 0 radical (unpaired) electrons. The summed E-state index contributed by atoms with van der Waals surface area (Å²) in [5.41, 5.74) is 1.06. The first kappa shape index (κ1) is 16.3. The van der Waals surface area contributed by atoms with E-state index in [9.17, 15) is 13.2 Å². The van der Waals surface area contributed by atoms with Crippen LogP contribution in [0.15, 0.2) is 24.3 Å². The van der Waals surface area contributed by atoms with Gasteiger partial charge < -0.3 is 9.64 Å². The SMILES string of the molecule is CS(=O)(=O)N[C@@H]1CCCN(C(=O)[C@@H]2COc3ccccc3C2)C1. The summed E-state index contributed by atoms with van der Waals surface area (Å²) in [6, 6.07) is 7.58. The summed E-state index contributed by atoms with van der Waals surface area (Å²) in [5.74, 6) is 0.716. The third-order valence-corrected chi connectivity index (χ3v) is 5.10. The lowest BCUT2D eigenvalue weighted by molar-refractivity contribution is -0.138. The lowest BCUT2D eigenvalue weighted by atomic mass is 9.94. The van der Waals surface area contributed by atoms with Crippen LogP contribution in [0.25, 0.3) is 0 Å². The van der Waals surface area contributed by atoms with Gasteiger partial charge in [0.05, 0.1) is 12.2 Å². The highest BCUT2D eigenvalue weighted by atomic mass is 32.2. The van der Waals surface area contributed by atoms with Crippen molar-refractivity contribution < 1.29 is 17.9 Å². The number of hydrogen-bond donors (Lipinski definition) is 1. The highest BCUT2D eigenvalue weighted by molar-refractivity contribution is 7.88. The monoisotopic (exact) mass is 338 g/mol. The molecule has 2 aliphatic heterocycles. The second-order valence-electron chi connectivity index (χ2n) is 6.33. The van der Waals surface area contributed by atoms with Gasteiger partial charge in [0.1, 0.15) is 12.4 Å². The predicted molar refractivity (Wildman–Crippen MR) is 86.7 cm³/mol. The van der Waals surface area contributed by atoms with Crippen LogP contribution in [-0.2, 0) is 21.2 Å². The minimum Gasteiger partial charge on any atom is -0.492 e. The summed E-state index contributed by atoms with van der Waals surface area (Å²) in [6.07, 6.45) is 3.40. The molecule has 2 heterocycles. The van der Waals surface area contributed by atoms with Crippen molar-refractivity contribution in [1.29, 1.82) is 0 Å². The number of sulfonamides is 1.